The van der Waals surface area contributed by atoms with Crippen molar-refractivity contribution < 1.29 is 14.7 Å². The molecular weight excluding hydrogens is 270 g/mol. The van der Waals surface area contributed by atoms with Crippen molar-refractivity contribution in [1.29, 1.82) is 0 Å². The molecule has 0 heterocycles. The number of hydrogen-bond donors (Lipinski definition) is 4. The summed E-state index contributed by atoms with van der Waals surface area (Å²) in [7, 11) is 0. The summed E-state index contributed by atoms with van der Waals surface area (Å²) in [6, 6.07) is 12.6. The second-order valence-corrected chi connectivity index (χ2v) is 4.40. The van der Waals surface area contributed by atoms with E-state index in [2.05, 4.69) is 10.6 Å². The fourth-order valence-corrected chi connectivity index (χ4v) is 1.69. The summed E-state index contributed by atoms with van der Waals surface area (Å²) >= 11 is 0. The summed E-state index contributed by atoms with van der Waals surface area (Å²) in [5, 5.41) is 14.3. The fraction of sp³-hybridized carbons (Fsp3) is 0.0667. The van der Waals surface area contributed by atoms with E-state index in [1.807, 2.05) is 0 Å². The second-order valence-electron chi connectivity index (χ2n) is 4.40. The molecule has 0 atom stereocenters. The lowest BCUT2D eigenvalue weighted by molar-refractivity contribution is -0.115. The highest BCUT2D eigenvalue weighted by Crippen LogP contribution is 2.14. The van der Waals surface area contributed by atoms with E-state index in [4.69, 9.17) is 5.73 Å². The van der Waals surface area contributed by atoms with Gasteiger partial charge in [0.1, 0.15) is 5.75 Å². The van der Waals surface area contributed by atoms with Gasteiger partial charge < -0.3 is 21.5 Å². The molecule has 108 valence electrons. The van der Waals surface area contributed by atoms with E-state index in [0.717, 1.165) is 0 Å². The molecule has 6 nitrogen and oxygen atoms in total. The van der Waals surface area contributed by atoms with Crippen molar-refractivity contribution in [1.82, 2.24) is 5.32 Å². The van der Waals surface area contributed by atoms with Crippen LogP contribution in [-0.4, -0.2) is 23.5 Å². The van der Waals surface area contributed by atoms with Gasteiger partial charge in [0.05, 0.1) is 6.54 Å². The number of aromatic hydroxyl groups is 1. The molecular formula is C15H15N3O3. The molecule has 0 aromatic heterocycles. The SMILES string of the molecule is Nc1ccc(C(=O)NCC(=O)Nc2cccc(O)c2)cc1. The van der Waals surface area contributed by atoms with Crippen LogP contribution in [0.3, 0.4) is 0 Å². The van der Waals surface area contributed by atoms with E-state index in [1.54, 1.807) is 36.4 Å². The van der Waals surface area contributed by atoms with E-state index in [1.165, 1.54) is 12.1 Å². The summed E-state index contributed by atoms with van der Waals surface area (Å²) in [6.45, 7) is -0.168. The zero-order valence-corrected chi connectivity index (χ0v) is 11.2. The molecule has 0 radical (unpaired) electrons. The second kappa shape index (κ2) is 6.42. The third-order valence-corrected chi connectivity index (χ3v) is 2.71. The number of anilines is 2. The Hall–Kier alpha value is -3.02. The molecule has 0 spiro atoms. The van der Waals surface area contributed by atoms with Crippen molar-refractivity contribution in [3.63, 3.8) is 0 Å². The average Bonchev–Trinajstić information content (AvgIpc) is 2.45. The molecule has 2 rings (SSSR count). The molecule has 0 saturated heterocycles. The van der Waals surface area contributed by atoms with Crippen LogP contribution in [0, 0.1) is 0 Å². The van der Waals surface area contributed by atoms with Crippen molar-refractivity contribution in [2.24, 2.45) is 0 Å². The number of phenols is 1. The largest absolute Gasteiger partial charge is 0.508 e. The summed E-state index contributed by atoms with van der Waals surface area (Å²) < 4.78 is 0. The Labute approximate surface area is 121 Å². The standard InChI is InChI=1S/C15H15N3O3/c16-11-6-4-10(5-7-11)15(21)17-9-14(20)18-12-2-1-3-13(19)8-12/h1-8,19H,9,16H2,(H,17,21)(H,18,20). The molecule has 0 aliphatic carbocycles. The van der Waals surface area contributed by atoms with Crippen molar-refractivity contribution >= 4 is 23.2 Å². The van der Waals surface area contributed by atoms with Crippen molar-refractivity contribution in [3.8, 4) is 5.75 Å². The van der Waals surface area contributed by atoms with E-state index in [9.17, 15) is 14.7 Å². The minimum Gasteiger partial charge on any atom is -0.508 e. The van der Waals surface area contributed by atoms with Gasteiger partial charge in [-0.15, -0.1) is 0 Å². The highest BCUT2D eigenvalue weighted by molar-refractivity contribution is 5.99. The van der Waals surface area contributed by atoms with Crippen LogP contribution < -0.4 is 16.4 Å². The molecule has 6 heteroatoms. The minimum absolute atomic E-state index is 0.0544. The number of carbonyl (C=O) groups is 2. The minimum atomic E-state index is -0.385. The number of phenolic OH excluding ortho intramolecular Hbond substituents is 1. The van der Waals surface area contributed by atoms with Gasteiger partial charge in [-0.3, -0.25) is 9.59 Å². The molecule has 21 heavy (non-hydrogen) atoms. The highest BCUT2D eigenvalue weighted by atomic mass is 16.3. The maximum atomic E-state index is 11.8. The normalized spacial score (nSPS) is 9.90. The number of nitrogens with one attached hydrogen (secondary N) is 2. The number of benzene rings is 2. The quantitative estimate of drug-likeness (QED) is 0.636. The average molecular weight is 285 g/mol. The van der Waals surface area contributed by atoms with Crippen LogP contribution in [0.5, 0.6) is 5.75 Å². The summed E-state index contributed by atoms with van der Waals surface area (Å²) in [5.74, 6) is -0.691. The van der Waals surface area contributed by atoms with Gasteiger partial charge in [0, 0.05) is 23.0 Å². The Morgan fingerprint density at radius 3 is 2.48 bits per heavy atom. The van der Waals surface area contributed by atoms with Crippen LogP contribution in [0.25, 0.3) is 0 Å². The van der Waals surface area contributed by atoms with Gasteiger partial charge >= 0.3 is 0 Å². The summed E-state index contributed by atoms with van der Waals surface area (Å²) in [4.78, 5) is 23.5. The predicted molar refractivity (Wildman–Crippen MR) is 79.9 cm³/mol. The highest BCUT2D eigenvalue weighted by Gasteiger charge is 2.08. The van der Waals surface area contributed by atoms with Crippen molar-refractivity contribution in [3.05, 3.63) is 54.1 Å². The number of hydrogen-bond acceptors (Lipinski definition) is 4. The number of amides is 2. The van der Waals surface area contributed by atoms with Crippen LogP contribution in [-0.2, 0) is 4.79 Å². The first-order valence-electron chi connectivity index (χ1n) is 6.27. The molecule has 5 N–H and O–H groups in total. The number of nitrogen functional groups attached to an aromatic ring is 1. The van der Waals surface area contributed by atoms with Crippen LogP contribution in [0.2, 0.25) is 0 Å². The van der Waals surface area contributed by atoms with E-state index < -0.39 is 0 Å². The number of carbonyl (C=O) groups excluding carboxylic acids is 2. The Kier molecular flexibility index (Phi) is 4.40. The van der Waals surface area contributed by atoms with E-state index in [0.29, 0.717) is 16.9 Å². The van der Waals surface area contributed by atoms with E-state index >= 15 is 0 Å². The molecule has 0 aliphatic heterocycles. The van der Waals surface area contributed by atoms with Gasteiger partial charge in [-0.05, 0) is 36.4 Å². The molecule has 0 saturated carbocycles. The molecule has 2 aromatic carbocycles. The van der Waals surface area contributed by atoms with Gasteiger partial charge in [-0.1, -0.05) is 6.07 Å². The van der Waals surface area contributed by atoms with Gasteiger partial charge in [-0.25, -0.2) is 0 Å². The smallest absolute Gasteiger partial charge is 0.251 e. The predicted octanol–water partition coefficient (Wildman–Crippen LogP) is 1.34. The third-order valence-electron chi connectivity index (χ3n) is 2.71. The Balaban J connectivity index is 1.86. The Morgan fingerprint density at radius 1 is 1.10 bits per heavy atom. The number of nitrogens with two attached hydrogens (primary N) is 1. The third kappa shape index (κ3) is 4.24. The van der Waals surface area contributed by atoms with Gasteiger partial charge in [-0.2, -0.15) is 0 Å². The van der Waals surface area contributed by atoms with Gasteiger partial charge in [0.25, 0.3) is 5.91 Å². The van der Waals surface area contributed by atoms with Crippen LogP contribution >= 0.6 is 0 Å². The fourth-order valence-electron chi connectivity index (χ4n) is 1.69. The zero-order chi connectivity index (χ0) is 15.2. The monoisotopic (exact) mass is 285 g/mol. The molecule has 0 unspecified atom stereocenters. The Bertz CT molecular complexity index is 653. The lowest BCUT2D eigenvalue weighted by atomic mass is 10.2. The first-order valence-corrected chi connectivity index (χ1v) is 6.27. The first-order chi connectivity index (χ1) is 10.0. The lowest BCUT2D eigenvalue weighted by Gasteiger charge is -2.07. The molecule has 0 bridgehead atoms. The zero-order valence-electron chi connectivity index (χ0n) is 11.2. The lowest BCUT2D eigenvalue weighted by Crippen LogP contribution is -2.32. The summed E-state index contributed by atoms with van der Waals surface area (Å²) in [6.07, 6.45) is 0. The molecule has 2 aromatic rings. The first kappa shape index (κ1) is 14.4. The van der Waals surface area contributed by atoms with Gasteiger partial charge in [0.2, 0.25) is 5.91 Å². The summed E-state index contributed by atoms with van der Waals surface area (Å²) in [5.41, 5.74) is 6.98. The van der Waals surface area contributed by atoms with E-state index in [-0.39, 0.29) is 24.1 Å². The molecule has 0 fully saturated rings. The topological polar surface area (TPSA) is 104 Å². The van der Waals surface area contributed by atoms with Crippen molar-refractivity contribution in [2.45, 2.75) is 0 Å². The molecule has 0 aliphatic rings. The van der Waals surface area contributed by atoms with Crippen LogP contribution in [0.1, 0.15) is 10.4 Å². The maximum Gasteiger partial charge on any atom is 0.251 e. The van der Waals surface area contributed by atoms with Crippen molar-refractivity contribution in [2.75, 3.05) is 17.6 Å². The van der Waals surface area contributed by atoms with Gasteiger partial charge in [0.15, 0.2) is 0 Å². The van der Waals surface area contributed by atoms with Crippen LogP contribution in [0.15, 0.2) is 48.5 Å². The molecule has 2 amide bonds. The number of rotatable bonds is 4. The van der Waals surface area contributed by atoms with Crippen LogP contribution in [0.4, 0.5) is 11.4 Å². The maximum absolute atomic E-state index is 11.8. The Morgan fingerprint density at radius 2 is 1.81 bits per heavy atom.